The molecule has 6 nitrogen and oxygen atoms in total. The molecule has 1 aromatic heterocycles. The van der Waals surface area contributed by atoms with Gasteiger partial charge < -0.3 is 4.74 Å². The number of sulfonamides is 1. The molecule has 0 aliphatic carbocycles. The summed E-state index contributed by atoms with van der Waals surface area (Å²) >= 11 is 0. The summed E-state index contributed by atoms with van der Waals surface area (Å²) in [6.07, 6.45) is 1.12. The summed E-state index contributed by atoms with van der Waals surface area (Å²) in [5, 5.41) is 3.74. The molecular weight excluding hydrogens is 421 g/mol. The molecule has 0 saturated heterocycles. The third-order valence-electron chi connectivity index (χ3n) is 3.87. The number of halogens is 5. The molecule has 3 aromatic rings. The summed E-state index contributed by atoms with van der Waals surface area (Å²) in [5.74, 6) is -10.2. The summed E-state index contributed by atoms with van der Waals surface area (Å²) < 4.78 is 99.8. The van der Waals surface area contributed by atoms with Crippen LogP contribution in [0.15, 0.2) is 41.4 Å². The summed E-state index contributed by atoms with van der Waals surface area (Å²) in [4.78, 5) is -0.104. The molecule has 12 heteroatoms. The third kappa shape index (κ3) is 4.01. The highest BCUT2D eigenvalue weighted by Crippen LogP contribution is 2.24. The van der Waals surface area contributed by atoms with Crippen molar-refractivity contribution in [2.45, 2.75) is 11.4 Å². The van der Waals surface area contributed by atoms with E-state index >= 15 is 0 Å². The van der Waals surface area contributed by atoms with E-state index in [9.17, 15) is 30.4 Å². The first-order valence-electron chi connectivity index (χ1n) is 7.84. The zero-order valence-electron chi connectivity index (χ0n) is 14.6. The van der Waals surface area contributed by atoms with Gasteiger partial charge in [-0.3, -0.25) is 9.40 Å². The molecule has 0 fully saturated rings. The van der Waals surface area contributed by atoms with Crippen molar-refractivity contribution < 1.29 is 35.1 Å². The lowest BCUT2D eigenvalue weighted by Gasteiger charge is -2.09. The van der Waals surface area contributed by atoms with E-state index < -0.39 is 51.2 Å². The van der Waals surface area contributed by atoms with Crippen LogP contribution in [0.3, 0.4) is 0 Å². The molecule has 0 atom stereocenters. The Bertz CT molecular complexity index is 1130. The minimum atomic E-state index is -4.03. The van der Waals surface area contributed by atoms with E-state index in [4.69, 9.17) is 4.74 Å². The first-order valence-corrected chi connectivity index (χ1v) is 9.33. The van der Waals surface area contributed by atoms with E-state index in [1.54, 1.807) is 0 Å². The van der Waals surface area contributed by atoms with Crippen LogP contribution in [-0.4, -0.2) is 25.3 Å². The molecule has 1 N–H and O–H groups in total. The minimum Gasteiger partial charge on any atom is -0.497 e. The van der Waals surface area contributed by atoms with Crippen LogP contribution in [0, 0.1) is 29.1 Å². The number of anilines is 1. The number of hydrogen-bond donors (Lipinski definition) is 1. The van der Waals surface area contributed by atoms with Gasteiger partial charge in [-0.15, -0.1) is 0 Å². The lowest BCUT2D eigenvalue weighted by Crippen LogP contribution is -2.14. The zero-order valence-corrected chi connectivity index (χ0v) is 15.4. The Morgan fingerprint density at radius 3 is 2.03 bits per heavy atom. The molecular formula is C17H12F5N3O3S. The van der Waals surface area contributed by atoms with Crippen LogP contribution < -0.4 is 9.46 Å². The Kier molecular flexibility index (Phi) is 5.46. The molecule has 154 valence electrons. The van der Waals surface area contributed by atoms with Crippen LogP contribution in [0.25, 0.3) is 0 Å². The van der Waals surface area contributed by atoms with Crippen molar-refractivity contribution in [2.75, 3.05) is 11.8 Å². The maximum Gasteiger partial charge on any atom is 0.263 e. The number of aromatic nitrogens is 2. The number of hydrogen-bond acceptors (Lipinski definition) is 4. The standard InChI is InChI=1S/C17H12F5N3O3S/c1-28-9-2-4-10(5-3-9)29(26,27)24-12-6-7-25(23-12)8-11-13(18)15(20)17(22)16(21)14(11)19/h2-7H,8H2,1H3,(H,23,24). The molecule has 0 radical (unpaired) electrons. The molecule has 29 heavy (non-hydrogen) atoms. The average Bonchev–Trinajstić information content (AvgIpc) is 3.14. The molecule has 0 bridgehead atoms. The first-order chi connectivity index (χ1) is 13.6. The molecule has 0 amide bonds. The number of rotatable bonds is 6. The van der Waals surface area contributed by atoms with Crippen molar-refractivity contribution >= 4 is 15.8 Å². The van der Waals surface area contributed by atoms with Crippen molar-refractivity contribution in [3.63, 3.8) is 0 Å². The summed E-state index contributed by atoms with van der Waals surface area (Å²) in [6.45, 7) is -0.809. The highest BCUT2D eigenvalue weighted by molar-refractivity contribution is 7.92. The maximum atomic E-state index is 13.8. The lowest BCUT2D eigenvalue weighted by atomic mass is 10.1. The number of ether oxygens (including phenoxy) is 1. The second-order valence-electron chi connectivity index (χ2n) is 5.73. The van der Waals surface area contributed by atoms with Crippen molar-refractivity contribution in [1.82, 2.24) is 9.78 Å². The lowest BCUT2D eigenvalue weighted by molar-refractivity contribution is 0.367. The topological polar surface area (TPSA) is 73.2 Å². The van der Waals surface area contributed by atoms with Gasteiger partial charge in [0.25, 0.3) is 10.0 Å². The van der Waals surface area contributed by atoms with Crippen molar-refractivity contribution in [3.05, 3.63) is 71.2 Å². The highest BCUT2D eigenvalue weighted by Gasteiger charge is 2.26. The molecule has 0 aliphatic heterocycles. The average molecular weight is 433 g/mol. The van der Waals surface area contributed by atoms with Crippen molar-refractivity contribution in [2.24, 2.45) is 0 Å². The van der Waals surface area contributed by atoms with Crippen LogP contribution in [0.1, 0.15) is 5.56 Å². The number of methoxy groups -OCH3 is 1. The van der Waals surface area contributed by atoms with Crippen molar-refractivity contribution in [1.29, 1.82) is 0 Å². The van der Waals surface area contributed by atoms with E-state index in [1.807, 2.05) is 0 Å². The van der Waals surface area contributed by atoms with Gasteiger partial charge in [0.05, 0.1) is 24.1 Å². The minimum absolute atomic E-state index is 0.104. The van der Waals surface area contributed by atoms with Gasteiger partial charge in [-0.25, -0.2) is 30.4 Å². The predicted molar refractivity (Wildman–Crippen MR) is 91.4 cm³/mol. The van der Waals surface area contributed by atoms with E-state index in [1.165, 1.54) is 31.4 Å². The van der Waals surface area contributed by atoms with Gasteiger partial charge in [0.1, 0.15) is 5.75 Å². The molecule has 0 spiro atoms. The van der Waals surface area contributed by atoms with E-state index in [0.29, 0.717) is 5.75 Å². The fourth-order valence-corrected chi connectivity index (χ4v) is 3.40. The number of nitrogens with zero attached hydrogens (tertiary/aromatic N) is 2. The molecule has 3 rings (SSSR count). The van der Waals surface area contributed by atoms with Crippen LogP contribution in [0.2, 0.25) is 0 Å². The van der Waals surface area contributed by atoms with Crippen LogP contribution in [0.4, 0.5) is 27.8 Å². The Hall–Kier alpha value is -3.15. The largest absolute Gasteiger partial charge is 0.497 e. The fraction of sp³-hybridized carbons (Fsp3) is 0.118. The Morgan fingerprint density at radius 1 is 0.931 bits per heavy atom. The van der Waals surface area contributed by atoms with E-state index in [-0.39, 0.29) is 10.7 Å². The van der Waals surface area contributed by atoms with E-state index in [0.717, 1.165) is 16.9 Å². The first kappa shape index (κ1) is 20.6. The van der Waals surface area contributed by atoms with Crippen molar-refractivity contribution in [3.8, 4) is 5.75 Å². The normalized spacial score (nSPS) is 11.5. The molecule has 0 unspecified atom stereocenters. The van der Waals surface area contributed by atoms with Gasteiger partial charge in [-0.1, -0.05) is 0 Å². The highest BCUT2D eigenvalue weighted by atomic mass is 32.2. The summed E-state index contributed by atoms with van der Waals surface area (Å²) in [6, 6.07) is 6.58. The second kappa shape index (κ2) is 7.70. The summed E-state index contributed by atoms with van der Waals surface area (Å²) in [5.41, 5.74) is -1.10. The Labute approximate surface area is 161 Å². The smallest absolute Gasteiger partial charge is 0.263 e. The summed E-state index contributed by atoms with van der Waals surface area (Å²) in [7, 11) is -2.62. The van der Waals surface area contributed by atoms with Crippen LogP contribution in [-0.2, 0) is 16.6 Å². The van der Waals surface area contributed by atoms with Gasteiger partial charge in [-0.05, 0) is 24.3 Å². The second-order valence-corrected chi connectivity index (χ2v) is 7.41. The van der Waals surface area contributed by atoms with Gasteiger partial charge in [0.2, 0.25) is 5.82 Å². The monoisotopic (exact) mass is 433 g/mol. The van der Waals surface area contributed by atoms with Crippen LogP contribution >= 0.6 is 0 Å². The Balaban J connectivity index is 1.83. The number of nitrogens with one attached hydrogen (secondary N) is 1. The molecule has 2 aromatic carbocycles. The third-order valence-corrected chi connectivity index (χ3v) is 5.24. The SMILES string of the molecule is COc1ccc(S(=O)(=O)Nc2ccn(Cc3c(F)c(F)c(F)c(F)c3F)n2)cc1. The van der Waals surface area contributed by atoms with Gasteiger partial charge >= 0.3 is 0 Å². The van der Waals surface area contributed by atoms with Gasteiger partial charge in [0.15, 0.2) is 29.1 Å². The molecule has 0 aliphatic rings. The van der Waals surface area contributed by atoms with Crippen LogP contribution in [0.5, 0.6) is 5.75 Å². The fourth-order valence-electron chi connectivity index (χ4n) is 2.41. The predicted octanol–water partition coefficient (Wildman–Crippen LogP) is 3.44. The maximum absolute atomic E-state index is 13.8. The molecule has 1 heterocycles. The van der Waals surface area contributed by atoms with E-state index in [2.05, 4.69) is 9.82 Å². The zero-order chi connectivity index (χ0) is 21.3. The van der Waals surface area contributed by atoms with Gasteiger partial charge in [-0.2, -0.15) is 5.10 Å². The Morgan fingerprint density at radius 2 is 1.48 bits per heavy atom. The quantitative estimate of drug-likeness (QED) is 0.367. The van der Waals surface area contributed by atoms with Gasteiger partial charge in [0, 0.05) is 12.3 Å². The number of benzene rings is 2. The molecule has 0 saturated carbocycles.